The molecule has 0 N–H and O–H groups in total. The number of hydrogen-bond acceptors (Lipinski definition) is 4. The van der Waals surface area contributed by atoms with Crippen LogP contribution >= 0.6 is 0 Å². The molecular weight excluding hydrogens is 384 g/mol. The summed E-state index contributed by atoms with van der Waals surface area (Å²) in [4.78, 5) is 5.26. The van der Waals surface area contributed by atoms with Crippen LogP contribution in [0.2, 0.25) is 0 Å². The minimum atomic E-state index is 0.553. The standard InChI is InChI=1S/C27H34N2O2/c1-30-26-10-8-23(17-27(26)31-20-21-5-3-2-4-6-21)18-28-11-13-29(14-12-28)19-25-16-22-7-9-24(25)15-22/h2-10,17,22,24-25H,11-16,18-20H2,1H3/t22-,24+,25+/m0/s1. The number of hydrogen-bond donors (Lipinski definition) is 0. The Morgan fingerprint density at radius 3 is 2.35 bits per heavy atom. The van der Waals surface area contributed by atoms with E-state index in [0.717, 1.165) is 54.5 Å². The monoisotopic (exact) mass is 418 g/mol. The zero-order valence-electron chi connectivity index (χ0n) is 18.6. The maximum absolute atomic E-state index is 6.10. The van der Waals surface area contributed by atoms with Crippen LogP contribution in [-0.4, -0.2) is 49.6 Å². The van der Waals surface area contributed by atoms with Crippen molar-refractivity contribution in [1.29, 1.82) is 0 Å². The molecule has 2 aromatic rings. The van der Waals surface area contributed by atoms with Crippen molar-refractivity contribution in [3.8, 4) is 11.5 Å². The summed E-state index contributed by atoms with van der Waals surface area (Å²) in [5, 5.41) is 0. The second-order valence-electron chi connectivity index (χ2n) is 9.38. The minimum Gasteiger partial charge on any atom is -0.493 e. The number of rotatable bonds is 8. The van der Waals surface area contributed by atoms with Gasteiger partial charge in [-0.05, 0) is 53.9 Å². The average molecular weight is 419 g/mol. The van der Waals surface area contributed by atoms with Crippen LogP contribution in [0.3, 0.4) is 0 Å². The van der Waals surface area contributed by atoms with Crippen molar-refractivity contribution >= 4 is 0 Å². The number of piperazine rings is 1. The van der Waals surface area contributed by atoms with E-state index in [4.69, 9.17) is 9.47 Å². The van der Waals surface area contributed by atoms with E-state index in [-0.39, 0.29) is 0 Å². The van der Waals surface area contributed by atoms with Gasteiger partial charge in [0, 0.05) is 39.3 Å². The fourth-order valence-electron chi connectivity index (χ4n) is 5.49. The highest BCUT2D eigenvalue weighted by molar-refractivity contribution is 5.43. The van der Waals surface area contributed by atoms with Gasteiger partial charge in [-0.15, -0.1) is 0 Å². The first-order valence-corrected chi connectivity index (χ1v) is 11.7. The maximum Gasteiger partial charge on any atom is 0.161 e. The molecule has 5 rings (SSSR count). The average Bonchev–Trinajstić information content (AvgIpc) is 3.43. The molecule has 0 radical (unpaired) electrons. The van der Waals surface area contributed by atoms with Crippen molar-refractivity contribution in [1.82, 2.24) is 9.80 Å². The number of benzene rings is 2. The van der Waals surface area contributed by atoms with Crippen molar-refractivity contribution in [3.63, 3.8) is 0 Å². The molecular formula is C27H34N2O2. The number of allylic oxidation sites excluding steroid dienone is 2. The SMILES string of the molecule is COc1ccc(CN2CCN(C[C@H]3C[C@H]4C=C[C@@H]3C4)CC2)cc1OCc1ccccc1. The van der Waals surface area contributed by atoms with Crippen LogP contribution < -0.4 is 9.47 Å². The third-order valence-corrected chi connectivity index (χ3v) is 7.25. The molecule has 2 bridgehead atoms. The first kappa shape index (κ1) is 20.6. The van der Waals surface area contributed by atoms with Crippen LogP contribution in [0.4, 0.5) is 0 Å². The van der Waals surface area contributed by atoms with Crippen molar-refractivity contribution in [3.05, 3.63) is 71.8 Å². The first-order valence-electron chi connectivity index (χ1n) is 11.7. The molecule has 0 spiro atoms. The Balaban J connectivity index is 1.13. The zero-order valence-corrected chi connectivity index (χ0v) is 18.6. The second-order valence-corrected chi connectivity index (χ2v) is 9.38. The number of nitrogens with zero attached hydrogens (tertiary/aromatic N) is 2. The second kappa shape index (κ2) is 9.46. The predicted octanol–water partition coefficient (Wildman–Crippen LogP) is 4.60. The van der Waals surface area contributed by atoms with E-state index >= 15 is 0 Å². The largest absolute Gasteiger partial charge is 0.493 e. The lowest BCUT2D eigenvalue weighted by atomic mass is 9.93. The van der Waals surface area contributed by atoms with Gasteiger partial charge in [0.05, 0.1) is 7.11 Å². The predicted molar refractivity (Wildman–Crippen MR) is 124 cm³/mol. The summed E-state index contributed by atoms with van der Waals surface area (Å²) >= 11 is 0. The van der Waals surface area contributed by atoms with E-state index in [1.165, 1.54) is 38.0 Å². The van der Waals surface area contributed by atoms with Crippen LogP contribution in [0.25, 0.3) is 0 Å². The normalized spacial score (nSPS) is 25.8. The molecule has 1 aliphatic heterocycles. The van der Waals surface area contributed by atoms with Gasteiger partial charge in [-0.2, -0.15) is 0 Å². The Bertz CT molecular complexity index is 889. The lowest BCUT2D eigenvalue weighted by Gasteiger charge is -2.37. The van der Waals surface area contributed by atoms with E-state index < -0.39 is 0 Å². The van der Waals surface area contributed by atoms with Crippen LogP contribution in [0, 0.1) is 17.8 Å². The summed E-state index contributed by atoms with van der Waals surface area (Å²) in [6.07, 6.45) is 7.76. The molecule has 0 amide bonds. The van der Waals surface area contributed by atoms with Crippen LogP contribution in [0.1, 0.15) is 24.0 Å². The molecule has 0 unspecified atom stereocenters. The summed E-state index contributed by atoms with van der Waals surface area (Å²) in [6.45, 7) is 7.47. The molecule has 1 heterocycles. The minimum absolute atomic E-state index is 0.553. The van der Waals surface area contributed by atoms with Gasteiger partial charge in [-0.1, -0.05) is 48.6 Å². The molecule has 2 fully saturated rings. The molecule has 1 saturated carbocycles. The highest BCUT2D eigenvalue weighted by Gasteiger charge is 2.36. The smallest absolute Gasteiger partial charge is 0.161 e. The van der Waals surface area contributed by atoms with Gasteiger partial charge >= 0.3 is 0 Å². The fourth-order valence-corrected chi connectivity index (χ4v) is 5.49. The Labute approximate surface area is 186 Å². The van der Waals surface area contributed by atoms with Gasteiger partial charge in [0.1, 0.15) is 6.61 Å². The first-order chi connectivity index (χ1) is 15.3. The van der Waals surface area contributed by atoms with Crippen molar-refractivity contribution in [2.24, 2.45) is 17.8 Å². The highest BCUT2D eigenvalue weighted by Crippen LogP contribution is 2.43. The van der Waals surface area contributed by atoms with Crippen LogP contribution in [0.15, 0.2) is 60.7 Å². The Kier molecular flexibility index (Phi) is 6.28. The molecule has 4 heteroatoms. The lowest BCUT2D eigenvalue weighted by molar-refractivity contribution is 0.108. The molecule has 0 aromatic heterocycles. The highest BCUT2D eigenvalue weighted by atomic mass is 16.5. The molecule has 2 aromatic carbocycles. The van der Waals surface area contributed by atoms with Gasteiger partial charge < -0.3 is 14.4 Å². The van der Waals surface area contributed by atoms with E-state index in [9.17, 15) is 0 Å². The van der Waals surface area contributed by atoms with Gasteiger partial charge in [0.25, 0.3) is 0 Å². The Morgan fingerprint density at radius 1 is 0.839 bits per heavy atom. The van der Waals surface area contributed by atoms with Gasteiger partial charge in [0.15, 0.2) is 11.5 Å². The fraction of sp³-hybridized carbons (Fsp3) is 0.481. The summed E-state index contributed by atoms with van der Waals surface area (Å²) in [6, 6.07) is 16.6. The molecule has 3 atom stereocenters. The summed E-state index contributed by atoms with van der Waals surface area (Å²) < 4.78 is 11.6. The topological polar surface area (TPSA) is 24.9 Å². The molecule has 2 aliphatic carbocycles. The van der Waals surface area contributed by atoms with Crippen molar-refractivity contribution in [2.75, 3.05) is 39.8 Å². The summed E-state index contributed by atoms with van der Waals surface area (Å²) in [7, 11) is 1.70. The van der Waals surface area contributed by atoms with E-state index in [1.54, 1.807) is 7.11 Å². The number of methoxy groups -OCH3 is 1. The summed E-state index contributed by atoms with van der Waals surface area (Å²) in [5.74, 6) is 4.25. The maximum atomic E-state index is 6.10. The van der Waals surface area contributed by atoms with Gasteiger partial charge in [-0.25, -0.2) is 0 Å². The van der Waals surface area contributed by atoms with Crippen LogP contribution in [-0.2, 0) is 13.2 Å². The molecule has 4 nitrogen and oxygen atoms in total. The molecule has 1 saturated heterocycles. The van der Waals surface area contributed by atoms with Crippen LogP contribution in [0.5, 0.6) is 11.5 Å². The van der Waals surface area contributed by atoms with Gasteiger partial charge in [0.2, 0.25) is 0 Å². The number of ether oxygens (including phenoxy) is 2. The van der Waals surface area contributed by atoms with Crippen molar-refractivity contribution in [2.45, 2.75) is 26.0 Å². The zero-order chi connectivity index (χ0) is 21.0. The van der Waals surface area contributed by atoms with Gasteiger partial charge in [-0.3, -0.25) is 4.90 Å². The van der Waals surface area contributed by atoms with E-state index in [1.807, 2.05) is 24.3 Å². The van der Waals surface area contributed by atoms with E-state index in [2.05, 4.69) is 46.2 Å². The Morgan fingerprint density at radius 2 is 1.65 bits per heavy atom. The lowest BCUT2D eigenvalue weighted by Crippen LogP contribution is -2.47. The molecule has 164 valence electrons. The third-order valence-electron chi connectivity index (χ3n) is 7.25. The summed E-state index contributed by atoms with van der Waals surface area (Å²) in [5.41, 5.74) is 2.45. The van der Waals surface area contributed by atoms with Crippen molar-refractivity contribution < 1.29 is 9.47 Å². The number of fused-ring (bicyclic) bond motifs is 2. The van der Waals surface area contributed by atoms with E-state index in [0.29, 0.717) is 6.61 Å². The molecule has 31 heavy (non-hydrogen) atoms. The molecule has 3 aliphatic rings. The third kappa shape index (κ3) is 4.97. The quantitative estimate of drug-likeness (QED) is 0.585. The Hall–Kier alpha value is -2.30.